The van der Waals surface area contributed by atoms with E-state index in [9.17, 15) is 13.2 Å². The maximum Gasteiger partial charge on any atom is 0.263 e. The summed E-state index contributed by atoms with van der Waals surface area (Å²) in [5.41, 5.74) is 1.59. The first-order valence-corrected chi connectivity index (χ1v) is 12.5. The van der Waals surface area contributed by atoms with Crippen LogP contribution >= 0.6 is 23.8 Å². The lowest BCUT2D eigenvalue weighted by atomic mass is 10.1. The van der Waals surface area contributed by atoms with Gasteiger partial charge in [0.2, 0.25) is 10.0 Å². The van der Waals surface area contributed by atoms with Crippen molar-refractivity contribution in [3.05, 3.63) is 64.9 Å². The van der Waals surface area contributed by atoms with E-state index in [1.165, 1.54) is 16.4 Å². The molecule has 34 heavy (non-hydrogen) atoms. The molecule has 2 N–H and O–H groups in total. The Bertz CT molecular complexity index is 1320. The third kappa shape index (κ3) is 5.13. The number of morpholine rings is 1. The highest BCUT2D eigenvalue weighted by atomic mass is 35.5. The molecule has 1 amide bonds. The van der Waals surface area contributed by atoms with E-state index < -0.39 is 15.9 Å². The standard InChI is InChI=1S/C22H21ClN4O5S2/c1-14-19(20(26-32-14)17-4-2-3-5-18(17)23)21(28)25-22(33)24-15-6-8-16(9-7-15)34(29,30)27-10-12-31-13-11-27/h2-9H,10-13H2,1H3,(H2,24,25,28,33). The molecule has 2 aromatic carbocycles. The Labute approximate surface area is 207 Å². The minimum absolute atomic E-state index is 0.0273. The number of ether oxygens (including phenoxy) is 1. The van der Waals surface area contributed by atoms with E-state index in [0.29, 0.717) is 54.0 Å². The van der Waals surface area contributed by atoms with Crippen LogP contribution in [-0.2, 0) is 14.8 Å². The summed E-state index contributed by atoms with van der Waals surface area (Å²) in [6.45, 7) is 2.99. The second kappa shape index (κ2) is 10.2. The number of hydrogen-bond acceptors (Lipinski definition) is 7. The lowest BCUT2D eigenvalue weighted by Crippen LogP contribution is -2.40. The first-order valence-electron chi connectivity index (χ1n) is 10.3. The van der Waals surface area contributed by atoms with Gasteiger partial charge in [-0.05, 0) is 49.5 Å². The lowest BCUT2D eigenvalue weighted by Gasteiger charge is -2.26. The summed E-state index contributed by atoms with van der Waals surface area (Å²) in [6.07, 6.45) is 0. The third-order valence-corrected chi connectivity index (χ3v) is 7.61. The number of amides is 1. The van der Waals surface area contributed by atoms with Gasteiger partial charge in [0.1, 0.15) is 17.0 Å². The Kier molecular flexibility index (Phi) is 7.29. The van der Waals surface area contributed by atoms with Crippen LogP contribution in [0.1, 0.15) is 16.1 Å². The van der Waals surface area contributed by atoms with E-state index in [1.54, 1.807) is 43.3 Å². The molecule has 0 unspecified atom stereocenters. The molecule has 178 valence electrons. The van der Waals surface area contributed by atoms with Gasteiger partial charge in [0.25, 0.3) is 5.91 Å². The molecule has 9 nitrogen and oxygen atoms in total. The van der Waals surface area contributed by atoms with Gasteiger partial charge in [0, 0.05) is 24.3 Å². The van der Waals surface area contributed by atoms with E-state index in [1.807, 2.05) is 0 Å². The number of nitrogens with zero attached hydrogens (tertiary/aromatic N) is 2. The molecule has 1 aromatic heterocycles. The van der Waals surface area contributed by atoms with Crippen molar-refractivity contribution in [2.45, 2.75) is 11.8 Å². The smallest absolute Gasteiger partial charge is 0.263 e. The monoisotopic (exact) mass is 520 g/mol. The topological polar surface area (TPSA) is 114 Å². The summed E-state index contributed by atoms with van der Waals surface area (Å²) in [7, 11) is -3.60. The van der Waals surface area contributed by atoms with Gasteiger partial charge in [-0.1, -0.05) is 35.0 Å². The van der Waals surface area contributed by atoms with Gasteiger partial charge in [-0.2, -0.15) is 4.31 Å². The first kappa shape index (κ1) is 24.3. The van der Waals surface area contributed by atoms with Crippen molar-refractivity contribution >= 4 is 50.5 Å². The molecular formula is C22H21ClN4O5S2. The van der Waals surface area contributed by atoms with Crippen LogP contribution in [0.25, 0.3) is 11.3 Å². The van der Waals surface area contributed by atoms with Crippen LogP contribution < -0.4 is 10.6 Å². The number of hydrogen-bond donors (Lipinski definition) is 2. The Hall–Kier alpha value is -2.83. The van der Waals surface area contributed by atoms with Gasteiger partial charge in [0.05, 0.1) is 23.1 Å². The zero-order valence-corrected chi connectivity index (χ0v) is 20.5. The van der Waals surface area contributed by atoms with Crippen molar-refractivity contribution in [3.8, 4) is 11.3 Å². The van der Waals surface area contributed by atoms with E-state index in [-0.39, 0.29) is 15.6 Å². The Balaban J connectivity index is 1.44. The van der Waals surface area contributed by atoms with E-state index in [0.717, 1.165) is 0 Å². The summed E-state index contributed by atoms with van der Waals surface area (Å²) in [6, 6.07) is 13.1. The fourth-order valence-corrected chi connectivity index (χ4v) is 5.29. The number of nitrogens with one attached hydrogen (secondary N) is 2. The molecule has 0 atom stereocenters. The van der Waals surface area contributed by atoms with Gasteiger partial charge >= 0.3 is 0 Å². The molecule has 2 heterocycles. The number of thiocarbonyl (C=S) groups is 1. The van der Waals surface area contributed by atoms with Crippen molar-refractivity contribution in [2.24, 2.45) is 0 Å². The zero-order chi connectivity index (χ0) is 24.3. The summed E-state index contributed by atoms with van der Waals surface area (Å²) in [5, 5.41) is 9.91. The lowest BCUT2D eigenvalue weighted by molar-refractivity contribution is 0.0730. The number of sulfonamides is 1. The number of anilines is 1. The SMILES string of the molecule is Cc1onc(-c2ccccc2Cl)c1C(=O)NC(=S)Nc1ccc(S(=O)(=O)N2CCOCC2)cc1. The number of carbonyl (C=O) groups is 1. The fraction of sp³-hybridized carbons (Fsp3) is 0.227. The number of aromatic nitrogens is 1. The molecule has 1 saturated heterocycles. The quantitative estimate of drug-likeness (QED) is 0.492. The average Bonchev–Trinajstić information content (AvgIpc) is 3.21. The number of carbonyl (C=O) groups excluding carboxylic acids is 1. The van der Waals surface area contributed by atoms with Gasteiger partial charge in [0.15, 0.2) is 5.11 Å². The highest BCUT2D eigenvalue weighted by Crippen LogP contribution is 2.31. The van der Waals surface area contributed by atoms with Crippen LogP contribution in [0.5, 0.6) is 0 Å². The molecule has 12 heteroatoms. The molecule has 0 bridgehead atoms. The Morgan fingerprint density at radius 3 is 2.47 bits per heavy atom. The second-order valence-electron chi connectivity index (χ2n) is 7.39. The molecule has 1 aliphatic rings. The number of benzene rings is 2. The number of aryl methyl sites for hydroxylation is 1. The summed E-state index contributed by atoms with van der Waals surface area (Å²) in [4.78, 5) is 13.1. The fourth-order valence-electron chi connectivity index (χ4n) is 3.45. The summed E-state index contributed by atoms with van der Waals surface area (Å²) in [5.74, 6) is -0.203. The van der Waals surface area contributed by atoms with Gasteiger partial charge in [-0.25, -0.2) is 8.42 Å². The maximum absolute atomic E-state index is 12.9. The van der Waals surface area contributed by atoms with Crippen LogP contribution in [-0.4, -0.2) is 55.2 Å². The van der Waals surface area contributed by atoms with Crippen molar-refractivity contribution in [3.63, 3.8) is 0 Å². The van der Waals surface area contributed by atoms with Gasteiger partial charge in [-0.3, -0.25) is 10.1 Å². The molecule has 4 rings (SSSR count). The largest absolute Gasteiger partial charge is 0.379 e. The Morgan fingerprint density at radius 1 is 1.12 bits per heavy atom. The van der Waals surface area contributed by atoms with Gasteiger partial charge in [-0.15, -0.1) is 0 Å². The molecule has 0 radical (unpaired) electrons. The molecule has 0 spiro atoms. The normalized spacial score (nSPS) is 14.5. The molecule has 1 aliphatic heterocycles. The van der Waals surface area contributed by atoms with Crippen LogP contribution in [0, 0.1) is 6.92 Å². The predicted octanol–water partition coefficient (Wildman–Crippen LogP) is 3.45. The van der Waals surface area contributed by atoms with Crippen LogP contribution in [0.4, 0.5) is 5.69 Å². The molecule has 0 saturated carbocycles. The zero-order valence-electron chi connectivity index (χ0n) is 18.1. The third-order valence-electron chi connectivity index (χ3n) is 5.17. The van der Waals surface area contributed by atoms with Crippen LogP contribution in [0.3, 0.4) is 0 Å². The average molecular weight is 521 g/mol. The predicted molar refractivity (Wildman–Crippen MR) is 131 cm³/mol. The molecule has 1 fully saturated rings. The number of rotatable bonds is 5. The van der Waals surface area contributed by atoms with Crippen LogP contribution in [0.15, 0.2) is 57.9 Å². The summed E-state index contributed by atoms with van der Waals surface area (Å²) >= 11 is 11.5. The molecular weight excluding hydrogens is 500 g/mol. The Morgan fingerprint density at radius 2 is 1.79 bits per heavy atom. The maximum atomic E-state index is 12.9. The van der Waals surface area contributed by atoms with Crippen molar-refractivity contribution in [1.29, 1.82) is 0 Å². The first-order chi connectivity index (χ1) is 16.3. The van der Waals surface area contributed by atoms with E-state index in [4.69, 9.17) is 33.1 Å². The van der Waals surface area contributed by atoms with Crippen molar-refractivity contribution < 1.29 is 22.5 Å². The highest BCUT2D eigenvalue weighted by molar-refractivity contribution is 7.89. The minimum Gasteiger partial charge on any atom is -0.379 e. The minimum atomic E-state index is -3.60. The van der Waals surface area contributed by atoms with E-state index in [2.05, 4.69) is 15.8 Å². The molecule has 3 aromatic rings. The number of halogens is 1. The van der Waals surface area contributed by atoms with Crippen molar-refractivity contribution in [1.82, 2.24) is 14.8 Å². The summed E-state index contributed by atoms with van der Waals surface area (Å²) < 4.78 is 37.3. The van der Waals surface area contributed by atoms with Crippen LogP contribution in [0.2, 0.25) is 5.02 Å². The van der Waals surface area contributed by atoms with Gasteiger partial charge < -0.3 is 14.6 Å². The molecule has 0 aliphatic carbocycles. The second-order valence-corrected chi connectivity index (χ2v) is 10.1. The highest BCUT2D eigenvalue weighted by Gasteiger charge is 2.26. The van der Waals surface area contributed by atoms with Crippen molar-refractivity contribution in [2.75, 3.05) is 31.6 Å². The van der Waals surface area contributed by atoms with E-state index >= 15 is 0 Å².